The fourth-order valence-electron chi connectivity index (χ4n) is 2.78. The van der Waals surface area contributed by atoms with E-state index in [2.05, 4.69) is 20.1 Å². The monoisotopic (exact) mass is 354 g/mol. The van der Waals surface area contributed by atoms with Crippen molar-refractivity contribution in [1.29, 1.82) is 0 Å². The highest BCUT2D eigenvalue weighted by Crippen LogP contribution is 2.18. The van der Waals surface area contributed by atoms with Crippen molar-refractivity contribution in [3.8, 4) is 5.75 Å². The number of nitrogens with one attached hydrogen (secondary N) is 1. The van der Waals surface area contributed by atoms with Gasteiger partial charge in [-0.3, -0.25) is 4.79 Å². The van der Waals surface area contributed by atoms with Gasteiger partial charge in [0, 0.05) is 12.1 Å². The van der Waals surface area contributed by atoms with Crippen LogP contribution in [0.3, 0.4) is 0 Å². The van der Waals surface area contributed by atoms with E-state index in [0.717, 1.165) is 23.4 Å². The van der Waals surface area contributed by atoms with Gasteiger partial charge in [0.1, 0.15) is 5.82 Å². The van der Waals surface area contributed by atoms with Gasteiger partial charge in [0.05, 0.1) is 24.4 Å². The van der Waals surface area contributed by atoms with Crippen molar-refractivity contribution in [3.05, 3.63) is 59.2 Å². The molecule has 26 heavy (non-hydrogen) atoms. The number of benzene rings is 2. The summed E-state index contributed by atoms with van der Waals surface area (Å²) in [5, 5.41) is 3.88. The molecule has 0 saturated heterocycles. The number of imidazole rings is 1. The topological polar surface area (TPSA) is 68.5 Å². The van der Waals surface area contributed by atoms with E-state index in [1.165, 1.54) is 25.5 Å². The molecule has 134 valence electrons. The lowest BCUT2D eigenvalue weighted by Gasteiger charge is -2.03. The Morgan fingerprint density at radius 3 is 2.85 bits per heavy atom. The molecule has 0 atom stereocenters. The lowest BCUT2D eigenvalue weighted by atomic mass is 10.2. The van der Waals surface area contributed by atoms with E-state index >= 15 is 0 Å². The number of aromatic nitrogens is 2. The van der Waals surface area contributed by atoms with Crippen molar-refractivity contribution in [2.24, 2.45) is 5.10 Å². The normalized spacial score (nSPS) is 11.2. The van der Waals surface area contributed by atoms with Crippen molar-refractivity contribution in [2.75, 3.05) is 7.11 Å². The maximum atomic E-state index is 13.6. The average molecular weight is 354 g/mol. The minimum atomic E-state index is -0.491. The molecule has 0 spiro atoms. The zero-order valence-corrected chi connectivity index (χ0v) is 14.8. The second-order valence-corrected chi connectivity index (χ2v) is 5.70. The number of ether oxygens (including phenoxy) is 1. The first kappa shape index (κ1) is 17.6. The number of rotatable bonds is 5. The van der Waals surface area contributed by atoms with Gasteiger partial charge in [-0.05, 0) is 55.8 Å². The van der Waals surface area contributed by atoms with E-state index in [1.807, 2.05) is 19.9 Å². The molecule has 0 aliphatic rings. The molecule has 0 saturated carbocycles. The lowest BCUT2D eigenvalue weighted by molar-refractivity contribution is 0.0955. The maximum absolute atomic E-state index is 13.6. The van der Waals surface area contributed by atoms with Crippen LogP contribution in [0.4, 0.5) is 4.39 Å². The molecule has 1 aromatic heterocycles. The van der Waals surface area contributed by atoms with Crippen molar-refractivity contribution < 1.29 is 13.9 Å². The number of hydrogen-bond donors (Lipinski definition) is 1. The number of methoxy groups -OCH3 is 1. The fourth-order valence-corrected chi connectivity index (χ4v) is 2.78. The lowest BCUT2D eigenvalue weighted by Crippen LogP contribution is -2.17. The molecule has 1 amide bonds. The van der Waals surface area contributed by atoms with Crippen LogP contribution in [0.2, 0.25) is 0 Å². The van der Waals surface area contributed by atoms with E-state index in [9.17, 15) is 9.18 Å². The Bertz CT molecular complexity index is 995. The highest BCUT2D eigenvalue weighted by atomic mass is 19.1. The van der Waals surface area contributed by atoms with E-state index in [-0.39, 0.29) is 11.7 Å². The quantitative estimate of drug-likeness (QED) is 0.565. The molecule has 2 aromatic carbocycles. The van der Waals surface area contributed by atoms with Crippen LogP contribution in [0, 0.1) is 12.7 Å². The molecule has 0 unspecified atom stereocenters. The minimum absolute atomic E-state index is 0.154. The number of carbonyl (C=O) groups excluding carboxylic acids is 1. The largest absolute Gasteiger partial charge is 0.494 e. The van der Waals surface area contributed by atoms with Gasteiger partial charge in [-0.1, -0.05) is 0 Å². The number of hydrogen-bond acceptors (Lipinski definition) is 4. The predicted molar refractivity (Wildman–Crippen MR) is 98.2 cm³/mol. The number of nitrogens with zero attached hydrogens (tertiary/aromatic N) is 3. The molecule has 0 fully saturated rings. The van der Waals surface area contributed by atoms with Crippen LogP contribution in [-0.4, -0.2) is 28.8 Å². The van der Waals surface area contributed by atoms with E-state index < -0.39 is 5.82 Å². The molecule has 0 radical (unpaired) electrons. The van der Waals surface area contributed by atoms with Gasteiger partial charge < -0.3 is 9.30 Å². The van der Waals surface area contributed by atoms with Crippen LogP contribution in [0.15, 0.2) is 41.5 Å². The zero-order valence-electron chi connectivity index (χ0n) is 14.8. The first-order valence-corrected chi connectivity index (χ1v) is 8.17. The van der Waals surface area contributed by atoms with Gasteiger partial charge >= 0.3 is 0 Å². The number of amides is 1. The molecule has 0 aliphatic carbocycles. The summed E-state index contributed by atoms with van der Waals surface area (Å²) in [5.74, 6) is 0.205. The molecule has 3 aromatic rings. The van der Waals surface area contributed by atoms with Crippen LogP contribution in [-0.2, 0) is 6.54 Å². The second-order valence-electron chi connectivity index (χ2n) is 5.70. The third-order valence-corrected chi connectivity index (χ3v) is 4.07. The smallest absolute Gasteiger partial charge is 0.271 e. The van der Waals surface area contributed by atoms with Gasteiger partial charge in [-0.2, -0.15) is 5.10 Å². The Balaban J connectivity index is 1.73. The Morgan fingerprint density at radius 1 is 1.35 bits per heavy atom. The van der Waals surface area contributed by atoms with Crippen LogP contribution in [0.25, 0.3) is 11.0 Å². The Hall–Kier alpha value is -3.22. The van der Waals surface area contributed by atoms with E-state index in [0.29, 0.717) is 11.1 Å². The highest BCUT2D eigenvalue weighted by Gasteiger charge is 2.10. The van der Waals surface area contributed by atoms with Gasteiger partial charge in [0.2, 0.25) is 0 Å². The van der Waals surface area contributed by atoms with Crippen molar-refractivity contribution in [2.45, 2.75) is 20.4 Å². The minimum Gasteiger partial charge on any atom is -0.494 e. The molecule has 1 N–H and O–H groups in total. The third-order valence-electron chi connectivity index (χ3n) is 4.07. The fraction of sp³-hybridized carbons (Fsp3) is 0.211. The Morgan fingerprint density at radius 2 is 2.15 bits per heavy atom. The molecule has 6 nitrogen and oxygen atoms in total. The summed E-state index contributed by atoms with van der Waals surface area (Å²) in [7, 11) is 1.40. The van der Waals surface area contributed by atoms with Crippen LogP contribution >= 0.6 is 0 Å². The van der Waals surface area contributed by atoms with E-state index in [4.69, 9.17) is 4.74 Å². The molecule has 0 bridgehead atoms. The summed E-state index contributed by atoms with van der Waals surface area (Å²) in [6, 6.07) is 9.75. The summed E-state index contributed by atoms with van der Waals surface area (Å²) in [6.07, 6.45) is 1.37. The molecule has 0 aliphatic heterocycles. The van der Waals surface area contributed by atoms with Crippen LogP contribution in [0.1, 0.15) is 28.7 Å². The SMILES string of the molecule is CCn1c(C)nc2cc(C(=O)N/N=C\c3ccc(OC)c(F)c3)ccc21. The first-order chi connectivity index (χ1) is 12.5. The molecular weight excluding hydrogens is 335 g/mol. The number of fused-ring (bicyclic) bond motifs is 1. The summed E-state index contributed by atoms with van der Waals surface area (Å²) in [6.45, 7) is 4.80. The molecule has 3 rings (SSSR count). The maximum Gasteiger partial charge on any atom is 0.271 e. The van der Waals surface area contributed by atoms with E-state index in [1.54, 1.807) is 18.2 Å². The summed E-state index contributed by atoms with van der Waals surface area (Å²) in [4.78, 5) is 16.7. The van der Waals surface area contributed by atoms with Crippen LogP contribution in [0.5, 0.6) is 5.75 Å². The number of halogens is 1. The molecule has 1 heterocycles. The average Bonchev–Trinajstić information content (AvgIpc) is 2.95. The summed E-state index contributed by atoms with van der Waals surface area (Å²) >= 11 is 0. The third kappa shape index (κ3) is 3.42. The van der Waals surface area contributed by atoms with Gasteiger partial charge in [0.25, 0.3) is 5.91 Å². The first-order valence-electron chi connectivity index (χ1n) is 8.17. The number of carbonyl (C=O) groups is 1. The zero-order chi connectivity index (χ0) is 18.7. The van der Waals surface area contributed by atoms with Crippen molar-refractivity contribution >= 4 is 23.2 Å². The summed E-state index contributed by atoms with van der Waals surface area (Å²) in [5.41, 5.74) is 5.15. The predicted octanol–water partition coefficient (Wildman–Crippen LogP) is 3.28. The molecule has 7 heteroatoms. The Labute approximate surface area is 150 Å². The van der Waals surface area contributed by atoms with Gasteiger partial charge in [-0.15, -0.1) is 0 Å². The Kier molecular flexibility index (Phi) is 4.97. The number of aryl methyl sites for hydroxylation is 2. The standard InChI is InChI=1S/C19H19FN4O2/c1-4-24-12(2)22-16-10-14(6-7-17(16)24)19(25)23-21-11-13-5-8-18(26-3)15(20)9-13/h5-11H,4H2,1-3H3,(H,23,25)/b21-11-. The van der Waals surface area contributed by atoms with Gasteiger partial charge in [0.15, 0.2) is 11.6 Å². The second kappa shape index (κ2) is 7.35. The van der Waals surface area contributed by atoms with Crippen LogP contribution < -0.4 is 10.2 Å². The van der Waals surface area contributed by atoms with Crippen molar-refractivity contribution in [3.63, 3.8) is 0 Å². The van der Waals surface area contributed by atoms with Gasteiger partial charge in [-0.25, -0.2) is 14.8 Å². The highest BCUT2D eigenvalue weighted by molar-refractivity contribution is 5.97. The summed E-state index contributed by atoms with van der Waals surface area (Å²) < 4.78 is 20.6. The molecular formula is C19H19FN4O2. The number of hydrazone groups is 1. The van der Waals surface area contributed by atoms with Crippen molar-refractivity contribution in [1.82, 2.24) is 15.0 Å².